The second-order valence-electron chi connectivity index (χ2n) is 12.6. The van der Waals surface area contributed by atoms with Gasteiger partial charge in [0.25, 0.3) is 11.5 Å². The molecule has 1 aromatic heterocycles. The highest BCUT2D eigenvalue weighted by Gasteiger charge is 2.29. The Balaban J connectivity index is 1.25. The molecular formula is C35H49ClN6O3. The second-order valence-corrected chi connectivity index (χ2v) is 13.1. The quantitative estimate of drug-likeness (QED) is 0.274. The number of carbonyl (C=O) groups excluding carboxylic acids is 1. The van der Waals surface area contributed by atoms with Crippen LogP contribution >= 0.6 is 11.6 Å². The molecule has 1 amide bonds. The molecule has 0 unspecified atom stereocenters. The van der Waals surface area contributed by atoms with Gasteiger partial charge in [-0.3, -0.25) is 24.3 Å². The molecule has 2 N–H and O–H groups in total. The van der Waals surface area contributed by atoms with Crippen molar-refractivity contribution in [3.8, 4) is 5.75 Å². The Morgan fingerprint density at radius 1 is 1.07 bits per heavy atom. The molecule has 10 heteroatoms. The molecule has 0 spiro atoms. The topological polar surface area (TPSA) is 85.8 Å². The molecule has 45 heavy (non-hydrogen) atoms. The van der Waals surface area contributed by atoms with Gasteiger partial charge in [0.05, 0.1) is 19.2 Å². The average molecular weight is 637 g/mol. The van der Waals surface area contributed by atoms with Crippen LogP contribution in [0.2, 0.25) is 5.02 Å². The van der Waals surface area contributed by atoms with Gasteiger partial charge in [0, 0.05) is 61.6 Å². The van der Waals surface area contributed by atoms with E-state index in [1.54, 1.807) is 17.9 Å². The summed E-state index contributed by atoms with van der Waals surface area (Å²) in [4.78, 5) is 33.6. The van der Waals surface area contributed by atoms with E-state index >= 15 is 0 Å². The third-order valence-electron chi connectivity index (χ3n) is 9.77. The number of amides is 1. The van der Waals surface area contributed by atoms with E-state index in [-0.39, 0.29) is 18.0 Å². The molecule has 0 bridgehead atoms. The first-order valence-corrected chi connectivity index (χ1v) is 16.8. The van der Waals surface area contributed by atoms with Crippen molar-refractivity contribution in [2.24, 2.45) is 7.05 Å². The number of nitrogens with one attached hydrogen (secondary N) is 2. The number of ether oxygens (including phenoxy) is 1. The summed E-state index contributed by atoms with van der Waals surface area (Å²) in [6.07, 6.45) is 7.80. The molecule has 2 fully saturated rings. The Morgan fingerprint density at radius 2 is 1.73 bits per heavy atom. The van der Waals surface area contributed by atoms with Gasteiger partial charge in [-0.1, -0.05) is 23.7 Å². The molecule has 1 aliphatic heterocycles. The lowest BCUT2D eigenvalue weighted by molar-refractivity contribution is 0.0950. The molecule has 3 aromatic rings. The fourth-order valence-electron chi connectivity index (χ4n) is 7.29. The van der Waals surface area contributed by atoms with Crippen molar-refractivity contribution in [3.05, 3.63) is 74.0 Å². The lowest BCUT2D eigenvalue weighted by atomic mass is 9.88. The number of benzene rings is 2. The number of aryl methyl sites for hydroxylation is 1. The van der Waals surface area contributed by atoms with Gasteiger partial charge in [0.2, 0.25) is 0 Å². The number of anilines is 2. The van der Waals surface area contributed by atoms with E-state index in [0.29, 0.717) is 28.2 Å². The summed E-state index contributed by atoms with van der Waals surface area (Å²) in [5, 5.41) is 6.46. The maximum Gasteiger partial charge on any atom is 0.271 e. The number of H-pyrrole nitrogens is 1. The van der Waals surface area contributed by atoms with E-state index in [0.717, 1.165) is 87.5 Å². The molecule has 5 rings (SSSR count). The van der Waals surface area contributed by atoms with Crippen molar-refractivity contribution >= 4 is 29.0 Å². The Bertz CT molecular complexity index is 1500. The maximum atomic E-state index is 13.6. The van der Waals surface area contributed by atoms with Gasteiger partial charge in [-0.2, -0.15) is 0 Å². The normalized spacial score (nSPS) is 18.7. The minimum atomic E-state index is -0.219. The number of nitrogens with zero attached hydrogens (tertiary/aromatic N) is 4. The van der Waals surface area contributed by atoms with Crippen LogP contribution in [-0.4, -0.2) is 66.5 Å². The first-order valence-electron chi connectivity index (χ1n) is 16.4. The highest BCUT2D eigenvalue weighted by Crippen LogP contribution is 2.34. The van der Waals surface area contributed by atoms with Gasteiger partial charge in [-0.25, -0.2) is 0 Å². The fourth-order valence-corrected chi connectivity index (χ4v) is 7.50. The zero-order valence-electron chi connectivity index (χ0n) is 27.5. The Labute approximate surface area is 272 Å². The molecule has 0 atom stereocenters. The monoisotopic (exact) mass is 636 g/mol. The summed E-state index contributed by atoms with van der Waals surface area (Å²) < 4.78 is 7.09. The number of methoxy groups -OCH3 is 1. The van der Waals surface area contributed by atoms with Crippen LogP contribution in [0.4, 0.5) is 11.5 Å². The number of halogens is 1. The molecule has 244 valence electrons. The number of carbonyl (C=O) groups is 1. The Morgan fingerprint density at radius 3 is 2.38 bits per heavy atom. The van der Waals surface area contributed by atoms with E-state index in [2.05, 4.69) is 51.2 Å². The van der Waals surface area contributed by atoms with Crippen LogP contribution in [-0.2, 0) is 20.1 Å². The largest absolute Gasteiger partial charge is 0.497 e. The smallest absolute Gasteiger partial charge is 0.271 e. The zero-order valence-corrected chi connectivity index (χ0v) is 28.3. The van der Waals surface area contributed by atoms with Crippen molar-refractivity contribution in [2.45, 2.75) is 84.0 Å². The molecule has 2 heterocycles. The number of piperidine rings is 1. The zero-order chi connectivity index (χ0) is 32.1. The van der Waals surface area contributed by atoms with Gasteiger partial charge >= 0.3 is 0 Å². The first kappa shape index (κ1) is 32.9. The number of hydrogen-bond donors (Lipinski definition) is 2. The van der Waals surface area contributed by atoms with Gasteiger partial charge in [0.1, 0.15) is 11.6 Å². The van der Waals surface area contributed by atoms with Crippen molar-refractivity contribution in [2.75, 3.05) is 43.6 Å². The third kappa shape index (κ3) is 7.52. The van der Waals surface area contributed by atoms with Crippen LogP contribution < -0.4 is 25.4 Å². The first-order chi connectivity index (χ1) is 21.7. The average Bonchev–Trinajstić information content (AvgIpc) is 3.34. The predicted octanol–water partition coefficient (Wildman–Crippen LogP) is 5.87. The summed E-state index contributed by atoms with van der Waals surface area (Å²) in [6, 6.07) is 13.0. The molecule has 2 aromatic carbocycles. The summed E-state index contributed by atoms with van der Waals surface area (Å²) in [5.41, 5.74) is 4.19. The third-order valence-corrected chi connectivity index (χ3v) is 9.99. The highest BCUT2D eigenvalue weighted by molar-refractivity contribution is 6.31. The molecule has 1 saturated carbocycles. The molecule has 1 saturated heterocycles. The minimum absolute atomic E-state index is 0.160. The lowest BCUT2D eigenvalue weighted by Crippen LogP contribution is -2.43. The summed E-state index contributed by atoms with van der Waals surface area (Å²) in [5.74, 6) is 1.53. The van der Waals surface area contributed by atoms with Gasteiger partial charge in [-0.05, 0) is 101 Å². The SMILES string of the molecule is CCN(c1cc(Cl)cc(C(=O)NCc2c(N3CCCCC3)n(C)[nH]c2=O)c1C)[C@H]1CC[C@H](N(C)Cc2ccc(OC)cc2)CC1. The summed E-state index contributed by atoms with van der Waals surface area (Å²) in [6.45, 7) is 7.91. The van der Waals surface area contributed by atoms with Crippen LogP contribution in [0.3, 0.4) is 0 Å². The van der Waals surface area contributed by atoms with E-state index in [9.17, 15) is 9.59 Å². The van der Waals surface area contributed by atoms with Crippen LogP contribution in [0.15, 0.2) is 41.2 Å². The van der Waals surface area contributed by atoms with Crippen molar-refractivity contribution < 1.29 is 9.53 Å². The van der Waals surface area contributed by atoms with E-state index in [1.807, 2.05) is 32.2 Å². The molecular weight excluding hydrogens is 588 g/mol. The molecule has 0 radical (unpaired) electrons. The molecule has 9 nitrogen and oxygen atoms in total. The Hall–Kier alpha value is -3.43. The van der Waals surface area contributed by atoms with Crippen molar-refractivity contribution in [1.29, 1.82) is 0 Å². The second kappa shape index (κ2) is 14.8. The number of aromatic amines is 1. The summed E-state index contributed by atoms with van der Waals surface area (Å²) >= 11 is 6.65. The van der Waals surface area contributed by atoms with E-state index in [4.69, 9.17) is 16.3 Å². The fraction of sp³-hybridized carbons (Fsp3) is 0.543. The van der Waals surface area contributed by atoms with Crippen LogP contribution in [0.1, 0.15) is 78.9 Å². The van der Waals surface area contributed by atoms with Crippen LogP contribution in [0.5, 0.6) is 5.75 Å². The van der Waals surface area contributed by atoms with E-state index < -0.39 is 0 Å². The molecule has 1 aliphatic carbocycles. The van der Waals surface area contributed by atoms with Gasteiger partial charge < -0.3 is 19.9 Å². The molecule has 2 aliphatic rings. The standard InChI is InChI=1S/C35H49ClN6O3/c1-6-42(28-14-12-27(13-15-28)39(3)23-25-10-16-29(45-5)17-11-25)32-21-26(36)20-30(24(32)2)33(43)37-22-31-34(44)38-40(4)35(31)41-18-8-7-9-19-41/h10-11,16-17,20-21,27-28H,6-9,12-15,18-19,22-23H2,1-5H3,(H,37,43)(H,38,44)/t27-,28-. The highest BCUT2D eigenvalue weighted by atomic mass is 35.5. The maximum absolute atomic E-state index is 13.6. The van der Waals surface area contributed by atoms with Crippen LogP contribution in [0.25, 0.3) is 0 Å². The minimum Gasteiger partial charge on any atom is -0.497 e. The number of aromatic nitrogens is 2. The predicted molar refractivity (Wildman–Crippen MR) is 183 cm³/mol. The van der Waals surface area contributed by atoms with Crippen molar-refractivity contribution in [1.82, 2.24) is 20.0 Å². The van der Waals surface area contributed by atoms with Gasteiger partial charge in [-0.15, -0.1) is 0 Å². The van der Waals surface area contributed by atoms with Crippen molar-refractivity contribution in [3.63, 3.8) is 0 Å². The van der Waals surface area contributed by atoms with Gasteiger partial charge in [0.15, 0.2) is 0 Å². The van der Waals surface area contributed by atoms with Crippen LogP contribution in [0, 0.1) is 6.92 Å². The number of rotatable bonds is 11. The lowest BCUT2D eigenvalue weighted by Gasteiger charge is -2.41. The number of hydrogen-bond acceptors (Lipinski definition) is 6. The summed E-state index contributed by atoms with van der Waals surface area (Å²) in [7, 11) is 5.77. The van der Waals surface area contributed by atoms with E-state index in [1.165, 1.54) is 12.0 Å². The Kier molecular flexibility index (Phi) is 10.8.